The van der Waals surface area contributed by atoms with E-state index in [1.165, 1.54) is 7.11 Å². The maximum absolute atomic E-state index is 9.77. The Bertz CT molecular complexity index is 470. The first kappa shape index (κ1) is 21.8. The minimum absolute atomic E-state index is 0. The van der Waals surface area contributed by atoms with E-state index in [-0.39, 0.29) is 29.7 Å². The molecule has 0 saturated heterocycles. The minimum Gasteiger partial charge on any atom is -0.504 e. The average molecular weight is 437 g/mol. The third-order valence-corrected chi connectivity index (χ3v) is 2.97. The molecule has 0 saturated carbocycles. The topological polar surface area (TPSA) is 75.1 Å². The summed E-state index contributed by atoms with van der Waals surface area (Å²) in [4.78, 5) is 4.50. The van der Waals surface area contributed by atoms with Gasteiger partial charge in [-0.3, -0.25) is 0 Å². The van der Waals surface area contributed by atoms with Gasteiger partial charge in [0.15, 0.2) is 17.5 Å². The molecular weight excluding hydrogens is 409 g/mol. The Hall–Kier alpha value is -1.22. The van der Waals surface area contributed by atoms with Crippen LogP contribution in [0.3, 0.4) is 0 Å². The first-order chi connectivity index (χ1) is 10.7. The lowest BCUT2D eigenvalue weighted by Crippen LogP contribution is -2.38. The lowest BCUT2D eigenvalue weighted by Gasteiger charge is -2.11. The summed E-state index contributed by atoms with van der Waals surface area (Å²) in [7, 11) is 1.53. The molecule has 6 nitrogen and oxygen atoms in total. The third-order valence-electron chi connectivity index (χ3n) is 2.97. The van der Waals surface area contributed by atoms with Gasteiger partial charge in [0, 0.05) is 26.3 Å². The summed E-state index contributed by atoms with van der Waals surface area (Å²) in [5.41, 5.74) is 0.921. The van der Waals surface area contributed by atoms with Crippen molar-refractivity contribution in [2.45, 2.75) is 26.8 Å². The summed E-state index contributed by atoms with van der Waals surface area (Å²) in [6.07, 6.45) is 0.932. The predicted molar refractivity (Wildman–Crippen MR) is 104 cm³/mol. The summed E-state index contributed by atoms with van der Waals surface area (Å²) in [6, 6.07) is 5.30. The molecule has 0 radical (unpaired) electrons. The van der Waals surface area contributed by atoms with E-state index >= 15 is 0 Å². The van der Waals surface area contributed by atoms with Gasteiger partial charge in [0.25, 0.3) is 0 Å². The van der Waals surface area contributed by atoms with Crippen molar-refractivity contribution < 1.29 is 14.6 Å². The zero-order chi connectivity index (χ0) is 16.2. The quantitative estimate of drug-likeness (QED) is 0.240. The number of halogens is 1. The van der Waals surface area contributed by atoms with Crippen LogP contribution < -0.4 is 15.4 Å². The molecule has 0 amide bonds. The lowest BCUT2D eigenvalue weighted by atomic mass is 10.2. The number of nitrogens with one attached hydrogen (secondary N) is 2. The number of hydrogen-bond acceptors (Lipinski definition) is 4. The van der Waals surface area contributed by atoms with Gasteiger partial charge >= 0.3 is 0 Å². The molecular formula is C16H28IN3O3. The molecule has 23 heavy (non-hydrogen) atoms. The summed E-state index contributed by atoms with van der Waals surface area (Å²) in [5, 5.41) is 16.2. The highest BCUT2D eigenvalue weighted by Crippen LogP contribution is 2.26. The Morgan fingerprint density at radius 3 is 2.65 bits per heavy atom. The van der Waals surface area contributed by atoms with Crippen molar-refractivity contribution in [1.29, 1.82) is 0 Å². The monoisotopic (exact) mass is 437 g/mol. The van der Waals surface area contributed by atoms with Crippen LogP contribution in [0.4, 0.5) is 0 Å². The largest absolute Gasteiger partial charge is 0.504 e. The highest BCUT2D eigenvalue weighted by atomic mass is 127. The first-order valence-corrected chi connectivity index (χ1v) is 7.67. The number of methoxy groups -OCH3 is 1. The van der Waals surface area contributed by atoms with Crippen molar-refractivity contribution in [1.82, 2.24) is 10.6 Å². The number of ether oxygens (including phenoxy) is 2. The number of aliphatic imine (C=N–C) groups is 1. The van der Waals surface area contributed by atoms with Crippen LogP contribution in [0.25, 0.3) is 0 Å². The van der Waals surface area contributed by atoms with Crippen molar-refractivity contribution in [3.63, 3.8) is 0 Å². The number of benzene rings is 1. The van der Waals surface area contributed by atoms with Gasteiger partial charge in [0.1, 0.15) is 0 Å². The molecule has 1 aromatic carbocycles. The smallest absolute Gasteiger partial charge is 0.191 e. The summed E-state index contributed by atoms with van der Waals surface area (Å²) in [6.45, 7) is 7.59. The predicted octanol–water partition coefficient (Wildman–Crippen LogP) is 2.50. The number of guanidine groups is 1. The van der Waals surface area contributed by atoms with E-state index in [1.54, 1.807) is 12.1 Å². The van der Waals surface area contributed by atoms with E-state index in [0.717, 1.165) is 44.2 Å². The minimum atomic E-state index is 0. The van der Waals surface area contributed by atoms with E-state index in [0.29, 0.717) is 12.3 Å². The zero-order valence-corrected chi connectivity index (χ0v) is 16.4. The molecule has 0 heterocycles. The second-order valence-electron chi connectivity index (χ2n) is 4.68. The maximum Gasteiger partial charge on any atom is 0.191 e. The molecule has 0 unspecified atom stereocenters. The third kappa shape index (κ3) is 8.85. The number of rotatable bonds is 9. The molecule has 1 aromatic rings. The average Bonchev–Trinajstić information content (AvgIpc) is 2.52. The Balaban J connectivity index is 0.00000484. The van der Waals surface area contributed by atoms with Crippen LogP contribution in [-0.2, 0) is 11.3 Å². The molecule has 0 spiro atoms. The zero-order valence-electron chi connectivity index (χ0n) is 14.1. The fourth-order valence-electron chi connectivity index (χ4n) is 1.87. The Labute approximate surface area is 155 Å². The standard InChI is InChI=1S/C16H27N3O3.HI/c1-4-17-16(18-9-6-10-22-5-2)19-12-13-7-8-15(21-3)14(20)11-13;/h7-8,11,20H,4-6,9-10,12H2,1-3H3,(H2,17,18,19);1H. The number of aromatic hydroxyl groups is 1. The molecule has 3 N–H and O–H groups in total. The number of nitrogens with zero attached hydrogens (tertiary/aromatic N) is 1. The summed E-state index contributed by atoms with van der Waals surface area (Å²) in [5.74, 6) is 1.35. The van der Waals surface area contributed by atoms with Crippen molar-refractivity contribution >= 4 is 29.9 Å². The molecule has 1 rings (SSSR count). The maximum atomic E-state index is 9.77. The van der Waals surface area contributed by atoms with Gasteiger partial charge in [-0.2, -0.15) is 0 Å². The van der Waals surface area contributed by atoms with Gasteiger partial charge in [0.05, 0.1) is 13.7 Å². The van der Waals surface area contributed by atoms with Gasteiger partial charge in [-0.05, 0) is 38.0 Å². The van der Waals surface area contributed by atoms with Gasteiger partial charge in [-0.1, -0.05) is 6.07 Å². The summed E-state index contributed by atoms with van der Waals surface area (Å²) >= 11 is 0. The van der Waals surface area contributed by atoms with E-state index in [9.17, 15) is 5.11 Å². The SMILES string of the molecule is CCNC(=NCc1ccc(OC)c(O)c1)NCCCOCC.I. The van der Waals surface area contributed by atoms with Crippen LogP contribution in [0.15, 0.2) is 23.2 Å². The van der Waals surface area contributed by atoms with E-state index in [2.05, 4.69) is 15.6 Å². The molecule has 7 heteroatoms. The van der Waals surface area contributed by atoms with E-state index < -0.39 is 0 Å². The number of phenols is 1. The molecule has 132 valence electrons. The van der Waals surface area contributed by atoms with Crippen LogP contribution in [0.2, 0.25) is 0 Å². The molecule has 0 bridgehead atoms. The van der Waals surface area contributed by atoms with Crippen molar-refractivity contribution in [3.8, 4) is 11.5 Å². The van der Waals surface area contributed by atoms with Crippen molar-refractivity contribution in [2.75, 3.05) is 33.4 Å². The van der Waals surface area contributed by atoms with Crippen LogP contribution in [0, 0.1) is 0 Å². The molecule has 0 aliphatic carbocycles. The van der Waals surface area contributed by atoms with Gasteiger partial charge < -0.3 is 25.2 Å². The molecule has 0 aliphatic heterocycles. The van der Waals surface area contributed by atoms with Crippen LogP contribution >= 0.6 is 24.0 Å². The number of hydrogen-bond donors (Lipinski definition) is 3. The number of phenolic OH excluding ortho intramolecular Hbond substituents is 1. The second kappa shape index (κ2) is 13.2. The highest BCUT2D eigenvalue weighted by molar-refractivity contribution is 14.0. The molecule has 0 fully saturated rings. The Morgan fingerprint density at radius 2 is 2.04 bits per heavy atom. The van der Waals surface area contributed by atoms with Crippen LogP contribution in [0.1, 0.15) is 25.8 Å². The first-order valence-electron chi connectivity index (χ1n) is 7.67. The van der Waals surface area contributed by atoms with Crippen molar-refractivity contribution in [2.24, 2.45) is 4.99 Å². The highest BCUT2D eigenvalue weighted by Gasteiger charge is 2.03. The van der Waals surface area contributed by atoms with Gasteiger partial charge in [0.2, 0.25) is 0 Å². The van der Waals surface area contributed by atoms with Gasteiger partial charge in [-0.15, -0.1) is 24.0 Å². The molecule has 0 aromatic heterocycles. The summed E-state index contributed by atoms with van der Waals surface area (Å²) < 4.78 is 10.3. The van der Waals surface area contributed by atoms with Crippen LogP contribution in [-0.4, -0.2) is 44.5 Å². The normalized spacial score (nSPS) is 10.8. The molecule has 0 aliphatic rings. The second-order valence-corrected chi connectivity index (χ2v) is 4.68. The Kier molecular flexibility index (Phi) is 12.5. The fourth-order valence-corrected chi connectivity index (χ4v) is 1.87. The van der Waals surface area contributed by atoms with Gasteiger partial charge in [-0.25, -0.2) is 4.99 Å². The molecule has 0 atom stereocenters. The fraction of sp³-hybridized carbons (Fsp3) is 0.562. The lowest BCUT2D eigenvalue weighted by molar-refractivity contribution is 0.145. The van der Waals surface area contributed by atoms with Crippen LogP contribution in [0.5, 0.6) is 11.5 Å². The van der Waals surface area contributed by atoms with Crippen molar-refractivity contribution in [3.05, 3.63) is 23.8 Å². The Morgan fingerprint density at radius 1 is 1.26 bits per heavy atom. The van der Waals surface area contributed by atoms with E-state index in [1.807, 2.05) is 19.9 Å². The van der Waals surface area contributed by atoms with E-state index in [4.69, 9.17) is 9.47 Å².